The van der Waals surface area contributed by atoms with Crippen LogP contribution in [0.4, 0.5) is 0 Å². The highest BCUT2D eigenvalue weighted by Gasteiger charge is 2.15. The van der Waals surface area contributed by atoms with Crippen molar-refractivity contribution in [2.24, 2.45) is 0 Å². The first-order chi connectivity index (χ1) is 8.88. The van der Waals surface area contributed by atoms with E-state index in [9.17, 15) is 0 Å². The van der Waals surface area contributed by atoms with Gasteiger partial charge >= 0.3 is 0 Å². The SMILES string of the molecule is CCCCCC1=CC(OCc2ccccc2)CC1. The van der Waals surface area contributed by atoms with Crippen molar-refractivity contribution < 1.29 is 4.74 Å². The van der Waals surface area contributed by atoms with Gasteiger partial charge < -0.3 is 4.74 Å². The minimum absolute atomic E-state index is 0.349. The van der Waals surface area contributed by atoms with Gasteiger partial charge in [0.05, 0.1) is 12.7 Å². The highest BCUT2D eigenvalue weighted by atomic mass is 16.5. The average molecular weight is 244 g/mol. The van der Waals surface area contributed by atoms with Gasteiger partial charge in [-0.1, -0.05) is 61.7 Å². The van der Waals surface area contributed by atoms with Crippen molar-refractivity contribution >= 4 is 0 Å². The number of hydrogen-bond acceptors (Lipinski definition) is 1. The molecule has 1 aromatic rings. The molecule has 0 amide bonds. The molecule has 0 N–H and O–H groups in total. The van der Waals surface area contributed by atoms with E-state index in [0.29, 0.717) is 6.10 Å². The fourth-order valence-electron chi connectivity index (χ4n) is 2.48. The molecule has 1 aromatic carbocycles. The third-order valence-corrected chi connectivity index (χ3v) is 3.58. The van der Waals surface area contributed by atoms with Crippen molar-refractivity contribution in [1.29, 1.82) is 0 Å². The van der Waals surface area contributed by atoms with Gasteiger partial charge in [-0.2, -0.15) is 0 Å². The quantitative estimate of drug-likeness (QED) is 0.491. The first-order valence-corrected chi connectivity index (χ1v) is 7.23. The minimum atomic E-state index is 0.349. The second-order valence-corrected chi connectivity index (χ2v) is 5.16. The maximum atomic E-state index is 5.95. The first kappa shape index (κ1) is 13.4. The molecule has 0 bridgehead atoms. The van der Waals surface area contributed by atoms with Gasteiger partial charge in [-0.25, -0.2) is 0 Å². The molecule has 1 unspecified atom stereocenters. The molecule has 98 valence electrons. The van der Waals surface area contributed by atoms with Crippen LogP contribution < -0.4 is 0 Å². The number of ether oxygens (including phenoxy) is 1. The van der Waals surface area contributed by atoms with Gasteiger partial charge in [0.15, 0.2) is 0 Å². The van der Waals surface area contributed by atoms with Crippen LogP contribution in [0.15, 0.2) is 42.0 Å². The summed E-state index contributed by atoms with van der Waals surface area (Å²) in [6, 6.07) is 10.4. The molecule has 0 spiro atoms. The zero-order valence-corrected chi connectivity index (χ0v) is 11.4. The highest BCUT2D eigenvalue weighted by molar-refractivity contribution is 5.15. The van der Waals surface area contributed by atoms with Crippen LogP contribution >= 0.6 is 0 Å². The Morgan fingerprint density at radius 3 is 2.78 bits per heavy atom. The van der Waals surface area contributed by atoms with Gasteiger partial charge in [0.1, 0.15) is 0 Å². The van der Waals surface area contributed by atoms with E-state index in [1.165, 1.54) is 44.1 Å². The molecular weight excluding hydrogens is 220 g/mol. The van der Waals surface area contributed by atoms with Gasteiger partial charge in [0.25, 0.3) is 0 Å². The Balaban J connectivity index is 1.71. The summed E-state index contributed by atoms with van der Waals surface area (Å²) in [5.41, 5.74) is 2.88. The van der Waals surface area contributed by atoms with Crippen molar-refractivity contribution in [3.63, 3.8) is 0 Å². The molecule has 1 aliphatic rings. The van der Waals surface area contributed by atoms with Gasteiger partial charge in [-0.05, 0) is 31.2 Å². The van der Waals surface area contributed by atoms with E-state index < -0.39 is 0 Å². The van der Waals surface area contributed by atoms with Crippen LogP contribution in [0.25, 0.3) is 0 Å². The normalized spacial score (nSPS) is 18.9. The van der Waals surface area contributed by atoms with Gasteiger partial charge in [-0.3, -0.25) is 0 Å². The van der Waals surface area contributed by atoms with Crippen LogP contribution in [0.2, 0.25) is 0 Å². The van der Waals surface area contributed by atoms with E-state index in [1.807, 2.05) is 6.07 Å². The second kappa shape index (κ2) is 7.38. The summed E-state index contributed by atoms with van der Waals surface area (Å²) in [6.45, 7) is 3.00. The van der Waals surface area contributed by atoms with Gasteiger partial charge in [0, 0.05) is 0 Å². The Morgan fingerprint density at radius 1 is 1.17 bits per heavy atom. The van der Waals surface area contributed by atoms with E-state index >= 15 is 0 Å². The van der Waals surface area contributed by atoms with Crippen LogP contribution in [-0.2, 0) is 11.3 Å². The summed E-state index contributed by atoms with van der Waals surface area (Å²) in [6.07, 6.45) is 10.4. The van der Waals surface area contributed by atoms with E-state index in [0.717, 1.165) is 6.61 Å². The lowest BCUT2D eigenvalue weighted by molar-refractivity contribution is 0.0721. The van der Waals surface area contributed by atoms with Crippen LogP contribution in [0, 0.1) is 0 Å². The number of hydrogen-bond donors (Lipinski definition) is 0. The summed E-state index contributed by atoms with van der Waals surface area (Å²) in [4.78, 5) is 0. The third kappa shape index (κ3) is 4.30. The van der Waals surface area contributed by atoms with Crippen molar-refractivity contribution in [2.75, 3.05) is 0 Å². The fraction of sp³-hybridized carbons (Fsp3) is 0.529. The summed E-state index contributed by atoms with van der Waals surface area (Å²) >= 11 is 0. The first-order valence-electron chi connectivity index (χ1n) is 7.23. The predicted octanol–water partition coefficient (Wildman–Crippen LogP) is 4.87. The van der Waals surface area contributed by atoms with Gasteiger partial charge in [-0.15, -0.1) is 0 Å². The van der Waals surface area contributed by atoms with Crippen LogP contribution in [0.1, 0.15) is 51.0 Å². The molecule has 0 fully saturated rings. The lowest BCUT2D eigenvalue weighted by Gasteiger charge is -2.09. The van der Waals surface area contributed by atoms with E-state index in [-0.39, 0.29) is 0 Å². The Kier molecular flexibility index (Phi) is 5.47. The molecule has 2 rings (SSSR count). The zero-order chi connectivity index (χ0) is 12.6. The Bertz CT molecular complexity index is 366. The summed E-state index contributed by atoms with van der Waals surface area (Å²) < 4.78 is 5.95. The maximum absolute atomic E-state index is 5.95. The number of unbranched alkanes of at least 4 members (excludes halogenated alkanes) is 2. The summed E-state index contributed by atoms with van der Waals surface area (Å²) in [5, 5.41) is 0. The third-order valence-electron chi connectivity index (χ3n) is 3.58. The highest BCUT2D eigenvalue weighted by Crippen LogP contribution is 2.26. The van der Waals surface area contributed by atoms with Crippen LogP contribution in [0.5, 0.6) is 0 Å². The van der Waals surface area contributed by atoms with Crippen molar-refractivity contribution in [3.8, 4) is 0 Å². The fourth-order valence-corrected chi connectivity index (χ4v) is 2.48. The van der Waals surface area contributed by atoms with Crippen molar-refractivity contribution in [3.05, 3.63) is 47.5 Å². The van der Waals surface area contributed by atoms with Crippen molar-refractivity contribution in [2.45, 2.75) is 58.2 Å². The minimum Gasteiger partial charge on any atom is -0.369 e. The largest absolute Gasteiger partial charge is 0.369 e. The van der Waals surface area contributed by atoms with E-state index in [4.69, 9.17) is 4.74 Å². The zero-order valence-electron chi connectivity index (χ0n) is 11.4. The van der Waals surface area contributed by atoms with Gasteiger partial charge in [0.2, 0.25) is 0 Å². The molecule has 1 heteroatoms. The molecular formula is C17H24O. The molecule has 18 heavy (non-hydrogen) atoms. The van der Waals surface area contributed by atoms with E-state index in [1.54, 1.807) is 5.57 Å². The Labute approximate surface area is 111 Å². The topological polar surface area (TPSA) is 9.23 Å². The molecule has 0 heterocycles. The molecule has 0 saturated carbocycles. The standard InChI is InChI=1S/C17H24O/c1-2-3-5-8-15-11-12-17(13-15)18-14-16-9-6-4-7-10-16/h4,6-7,9-10,13,17H,2-3,5,8,11-12,14H2,1H3. The molecule has 0 saturated heterocycles. The molecule has 1 nitrogen and oxygen atoms in total. The Hall–Kier alpha value is -1.08. The number of allylic oxidation sites excluding steroid dienone is 1. The molecule has 0 aromatic heterocycles. The lowest BCUT2D eigenvalue weighted by Crippen LogP contribution is -2.05. The van der Waals surface area contributed by atoms with Crippen LogP contribution in [0.3, 0.4) is 0 Å². The Morgan fingerprint density at radius 2 is 2.00 bits per heavy atom. The maximum Gasteiger partial charge on any atom is 0.0766 e. The van der Waals surface area contributed by atoms with Crippen molar-refractivity contribution in [1.82, 2.24) is 0 Å². The predicted molar refractivity (Wildman–Crippen MR) is 76.5 cm³/mol. The monoisotopic (exact) mass is 244 g/mol. The smallest absolute Gasteiger partial charge is 0.0766 e. The molecule has 0 aliphatic heterocycles. The summed E-state index contributed by atoms with van der Waals surface area (Å²) in [5.74, 6) is 0. The lowest BCUT2D eigenvalue weighted by atomic mass is 10.1. The molecule has 1 aliphatic carbocycles. The summed E-state index contributed by atoms with van der Waals surface area (Å²) in [7, 11) is 0. The second-order valence-electron chi connectivity index (χ2n) is 5.16. The number of benzene rings is 1. The van der Waals surface area contributed by atoms with Crippen LogP contribution in [-0.4, -0.2) is 6.10 Å². The molecule has 1 atom stereocenters. The molecule has 0 radical (unpaired) electrons. The average Bonchev–Trinajstić information content (AvgIpc) is 2.86. The van der Waals surface area contributed by atoms with E-state index in [2.05, 4.69) is 37.3 Å². The number of rotatable bonds is 7.